The number of rotatable bonds is 3. The van der Waals surface area contributed by atoms with E-state index in [-0.39, 0.29) is 0 Å². The third-order valence-electron chi connectivity index (χ3n) is 2.41. The van der Waals surface area contributed by atoms with Crippen molar-refractivity contribution in [2.24, 2.45) is 0 Å². The maximum atomic E-state index is 10.9. The smallest absolute Gasteiger partial charge is 0.336 e. The summed E-state index contributed by atoms with van der Waals surface area (Å²) in [6, 6.07) is 3.66. The number of aromatic carboxylic acids is 1. The van der Waals surface area contributed by atoms with E-state index >= 15 is 0 Å². The number of hydrogen-bond donors (Lipinski definition) is 1. The summed E-state index contributed by atoms with van der Waals surface area (Å²) in [7, 11) is 0. The average Bonchev–Trinajstić information content (AvgIpc) is 3.07. The summed E-state index contributed by atoms with van der Waals surface area (Å²) in [6.07, 6.45) is 0. The van der Waals surface area contributed by atoms with Crippen LogP contribution in [0.2, 0.25) is 0 Å². The predicted molar refractivity (Wildman–Crippen MR) is 83.4 cm³/mol. The SMILES string of the molecule is O=C(O)c1csc(-c2csc(-c3sccc3Br)n2)c1. The van der Waals surface area contributed by atoms with Crippen LogP contribution in [-0.4, -0.2) is 16.1 Å². The van der Waals surface area contributed by atoms with Gasteiger partial charge in [-0.25, -0.2) is 9.78 Å². The van der Waals surface area contributed by atoms with E-state index in [2.05, 4.69) is 20.9 Å². The van der Waals surface area contributed by atoms with E-state index in [9.17, 15) is 4.79 Å². The maximum absolute atomic E-state index is 10.9. The number of nitrogens with zero attached hydrogens (tertiary/aromatic N) is 1. The summed E-state index contributed by atoms with van der Waals surface area (Å²) < 4.78 is 1.04. The number of carbonyl (C=O) groups is 1. The number of carboxylic acids is 1. The summed E-state index contributed by atoms with van der Waals surface area (Å²) in [5, 5.41) is 15.5. The lowest BCUT2D eigenvalue weighted by molar-refractivity contribution is 0.0697. The van der Waals surface area contributed by atoms with Gasteiger partial charge in [-0.3, -0.25) is 0 Å². The van der Waals surface area contributed by atoms with Crippen molar-refractivity contribution < 1.29 is 9.90 Å². The Bertz CT molecular complexity index is 744. The first-order valence-electron chi connectivity index (χ1n) is 5.16. The Labute approximate surface area is 129 Å². The standard InChI is InChI=1S/C12H6BrNO2S3/c13-7-1-2-17-10(7)11-14-8(5-19-11)9-3-6(4-18-9)12(15)16/h1-5H,(H,15,16). The highest BCUT2D eigenvalue weighted by Crippen LogP contribution is 2.38. The molecule has 7 heteroatoms. The van der Waals surface area contributed by atoms with Gasteiger partial charge in [0.25, 0.3) is 0 Å². The lowest BCUT2D eigenvalue weighted by atomic mass is 10.3. The summed E-state index contributed by atoms with van der Waals surface area (Å²) in [4.78, 5) is 17.4. The van der Waals surface area contributed by atoms with Crippen LogP contribution < -0.4 is 0 Å². The van der Waals surface area contributed by atoms with Crippen LogP contribution in [0, 0.1) is 0 Å². The lowest BCUT2D eigenvalue weighted by Gasteiger charge is -1.91. The summed E-state index contributed by atoms with van der Waals surface area (Å²) in [6.45, 7) is 0. The Morgan fingerprint density at radius 1 is 1.26 bits per heavy atom. The largest absolute Gasteiger partial charge is 0.478 e. The van der Waals surface area contributed by atoms with Crippen LogP contribution in [-0.2, 0) is 0 Å². The van der Waals surface area contributed by atoms with Crippen LogP contribution >= 0.6 is 49.9 Å². The molecule has 3 rings (SSSR count). The number of carboxylic acid groups (broad SMARTS) is 1. The van der Waals surface area contributed by atoms with Gasteiger partial charge in [-0.2, -0.15) is 0 Å². The van der Waals surface area contributed by atoms with Gasteiger partial charge in [-0.15, -0.1) is 34.0 Å². The lowest BCUT2D eigenvalue weighted by Crippen LogP contribution is -1.91. The quantitative estimate of drug-likeness (QED) is 0.699. The number of hydrogen-bond acceptors (Lipinski definition) is 5. The van der Waals surface area contributed by atoms with Crippen LogP contribution in [0.5, 0.6) is 0 Å². The minimum Gasteiger partial charge on any atom is -0.478 e. The van der Waals surface area contributed by atoms with Gasteiger partial charge in [0, 0.05) is 15.2 Å². The number of halogens is 1. The number of thiophene rings is 2. The molecule has 3 heterocycles. The molecule has 0 amide bonds. The van der Waals surface area contributed by atoms with Gasteiger partial charge in [0.1, 0.15) is 5.01 Å². The fraction of sp³-hybridized carbons (Fsp3) is 0. The number of aromatic nitrogens is 1. The van der Waals surface area contributed by atoms with Gasteiger partial charge in [0.2, 0.25) is 0 Å². The van der Waals surface area contributed by atoms with Gasteiger partial charge in [0.15, 0.2) is 0 Å². The van der Waals surface area contributed by atoms with Crippen molar-refractivity contribution in [1.82, 2.24) is 4.98 Å². The Kier molecular flexibility index (Phi) is 3.53. The van der Waals surface area contributed by atoms with E-state index in [1.807, 2.05) is 16.8 Å². The van der Waals surface area contributed by atoms with Crippen molar-refractivity contribution in [1.29, 1.82) is 0 Å². The summed E-state index contributed by atoms with van der Waals surface area (Å²) in [5.41, 5.74) is 1.14. The van der Waals surface area contributed by atoms with E-state index in [4.69, 9.17) is 5.11 Å². The Morgan fingerprint density at radius 2 is 2.11 bits per heavy atom. The van der Waals surface area contributed by atoms with Crippen LogP contribution in [0.25, 0.3) is 20.5 Å². The zero-order valence-corrected chi connectivity index (χ0v) is 13.3. The zero-order chi connectivity index (χ0) is 13.4. The second kappa shape index (κ2) is 5.16. The first-order chi connectivity index (χ1) is 9.15. The minimum absolute atomic E-state index is 0.312. The molecule has 0 aliphatic rings. The highest BCUT2D eigenvalue weighted by molar-refractivity contribution is 9.10. The fourth-order valence-corrected chi connectivity index (χ4v) is 5.07. The van der Waals surface area contributed by atoms with E-state index in [1.165, 1.54) is 11.3 Å². The van der Waals surface area contributed by atoms with Gasteiger partial charge in [0.05, 0.1) is 21.0 Å². The van der Waals surface area contributed by atoms with Crippen LogP contribution in [0.15, 0.2) is 32.7 Å². The molecule has 3 aromatic heterocycles. The normalized spacial score (nSPS) is 10.8. The first kappa shape index (κ1) is 13.0. The summed E-state index contributed by atoms with van der Waals surface area (Å²) >= 11 is 8.09. The van der Waals surface area contributed by atoms with Crippen molar-refractivity contribution in [3.05, 3.63) is 38.3 Å². The predicted octanol–water partition coefficient (Wildman–Crippen LogP) is 5.06. The summed E-state index contributed by atoms with van der Waals surface area (Å²) in [5.74, 6) is -0.904. The van der Waals surface area contributed by atoms with Crippen molar-refractivity contribution in [3.63, 3.8) is 0 Å². The zero-order valence-electron chi connectivity index (χ0n) is 9.29. The van der Waals surface area contributed by atoms with Gasteiger partial charge < -0.3 is 5.11 Å². The maximum Gasteiger partial charge on any atom is 0.336 e. The molecule has 0 saturated carbocycles. The van der Waals surface area contributed by atoms with E-state index in [1.54, 1.807) is 34.1 Å². The molecule has 0 atom stereocenters. The van der Waals surface area contributed by atoms with E-state index < -0.39 is 5.97 Å². The molecule has 0 unspecified atom stereocenters. The molecule has 0 bridgehead atoms. The minimum atomic E-state index is -0.904. The third-order valence-corrected chi connectivity index (χ3v) is 6.20. The fourth-order valence-electron chi connectivity index (χ4n) is 1.52. The number of thiazole rings is 1. The molecule has 1 N–H and O–H groups in total. The highest BCUT2D eigenvalue weighted by atomic mass is 79.9. The Balaban J connectivity index is 1.97. The molecule has 0 spiro atoms. The molecular formula is C12H6BrNO2S3. The molecular weight excluding hydrogens is 366 g/mol. The Morgan fingerprint density at radius 3 is 2.74 bits per heavy atom. The molecule has 0 aliphatic heterocycles. The third kappa shape index (κ3) is 2.51. The molecule has 0 saturated heterocycles. The molecule has 3 aromatic rings. The molecule has 0 fully saturated rings. The van der Waals surface area contributed by atoms with Crippen molar-refractivity contribution in [2.75, 3.05) is 0 Å². The molecule has 0 aromatic carbocycles. The van der Waals surface area contributed by atoms with Crippen LogP contribution in [0.3, 0.4) is 0 Å². The average molecular weight is 372 g/mol. The van der Waals surface area contributed by atoms with E-state index in [0.29, 0.717) is 5.56 Å². The molecule has 19 heavy (non-hydrogen) atoms. The molecule has 0 aliphatic carbocycles. The molecule has 3 nitrogen and oxygen atoms in total. The Hall–Kier alpha value is -1.02. The second-order valence-corrected chi connectivity index (χ2v) is 7.18. The van der Waals surface area contributed by atoms with Crippen LogP contribution in [0.4, 0.5) is 0 Å². The van der Waals surface area contributed by atoms with Crippen molar-refractivity contribution in [2.45, 2.75) is 0 Å². The van der Waals surface area contributed by atoms with Gasteiger partial charge in [-0.1, -0.05) is 0 Å². The van der Waals surface area contributed by atoms with Gasteiger partial charge >= 0.3 is 5.97 Å². The molecule has 0 radical (unpaired) electrons. The first-order valence-corrected chi connectivity index (χ1v) is 8.59. The second-order valence-electron chi connectivity index (χ2n) is 3.64. The highest BCUT2D eigenvalue weighted by Gasteiger charge is 2.13. The monoisotopic (exact) mass is 371 g/mol. The van der Waals surface area contributed by atoms with E-state index in [0.717, 1.165) is 24.9 Å². The van der Waals surface area contributed by atoms with Crippen molar-refractivity contribution in [3.8, 4) is 20.5 Å². The molecule has 96 valence electrons. The topological polar surface area (TPSA) is 50.2 Å². The van der Waals surface area contributed by atoms with Gasteiger partial charge in [-0.05, 0) is 33.4 Å². The van der Waals surface area contributed by atoms with Crippen molar-refractivity contribution >= 4 is 55.9 Å². The van der Waals surface area contributed by atoms with Crippen LogP contribution in [0.1, 0.15) is 10.4 Å².